The molecule has 0 unspecified atom stereocenters. The molecule has 1 aromatic heterocycles. The average Bonchev–Trinajstić information content (AvgIpc) is 2.79. The standard InChI is InChI=1S/C18H16FNO/c1-12-7-8-18-15(9-12)16(13(2)21)11-20(18)10-14-5-3-4-6-17(14)19/h3-9,11H,10H2,1-2H3. The van der Waals surface area contributed by atoms with E-state index in [2.05, 4.69) is 0 Å². The van der Waals surface area contributed by atoms with Gasteiger partial charge in [-0.15, -0.1) is 0 Å². The third-order valence-corrected chi connectivity index (χ3v) is 3.71. The molecule has 0 aliphatic carbocycles. The number of carbonyl (C=O) groups is 1. The number of hydrogen-bond donors (Lipinski definition) is 0. The highest BCUT2D eigenvalue weighted by Gasteiger charge is 2.13. The fraction of sp³-hybridized carbons (Fsp3) is 0.167. The zero-order valence-corrected chi connectivity index (χ0v) is 12.1. The van der Waals surface area contributed by atoms with E-state index in [1.807, 2.05) is 42.0 Å². The molecule has 2 aromatic carbocycles. The summed E-state index contributed by atoms with van der Waals surface area (Å²) in [7, 11) is 0. The third-order valence-electron chi connectivity index (χ3n) is 3.71. The van der Waals surface area contributed by atoms with Crippen molar-refractivity contribution in [3.05, 3.63) is 71.2 Å². The van der Waals surface area contributed by atoms with Crippen LogP contribution in [-0.2, 0) is 6.54 Å². The minimum Gasteiger partial charge on any atom is -0.342 e. The van der Waals surface area contributed by atoms with Gasteiger partial charge >= 0.3 is 0 Å². The predicted octanol–water partition coefficient (Wildman–Crippen LogP) is 4.34. The number of Topliss-reactive ketones (excluding diaryl/α,β-unsaturated/α-hetero) is 1. The van der Waals surface area contributed by atoms with Crippen LogP contribution in [0.3, 0.4) is 0 Å². The zero-order chi connectivity index (χ0) is 15.0. The summed E-state index contributed by atoms with van der Waals surface area (Å²) in [5.74, 6) is -0.200. The molecule has 21 heavy (non-hydrogen) atoms. The summed E-state index contributed by atoms with van der Waals surface area (Å²) in [5, 5.41) is 0.929. The second kappa shape index (κ2) is 5.17. The summed E-state index contributed by atoms with van der Waals surface area (Å²) in [6.45, 7) is 3.97. The van der Waals surface area contributed by atoms with Gasteiger partial charge in [-0.2, -0.15) is 0 Å². The van der Waals surface area contributed by atoms with Gasteiger partial charge in [-0.1, -0.05) is 29.8 Å². The molecule has 3 rings (SSSR count). The lowest BCUT2D eigenvalue weighted by Gasteiger charge is -2.06. The van der Waals surface area contributed by atoms with Crippen molar-refractivity contribution in [1.29, 1.82) is 0 Å². The second-order valence-electron chi connectivity index (χ2n) is 5.34. The molecular formula is C18H16FNO. The Bertz CT molecular complexity index is 832. The van der Waals surface area contributed by atoms with Crippen LogP contribution in [0.5, 0.6) is 0 Å². The van der Waals surface area contributed by atoms with Crippen molar-refractivity contribution >= 4 is 16.7 Å². The smallest absolute Gasteiger partial charge is 0.161 e. The van der Waals surface area contributed by atoms with Crippen LogP contribution >= 0.6 is 0 Å². The number of ketones is 1. The lowest BCUT2D eigenvalue weighted by molar-refractivity contribution is 0.101. The third kappa shape index (κ3) is 2.47. The molecule has 0 atom stereocenters. The van der Waals surface area contributed by atoms with E-state index in [1.54, 1.807) is 19.1 Å². The lowest BCUT2D eigenvalue weighted by atomic mass is 10.1. The minimum atomic E-state index is -0.226. The van der Waals surface area contributed by atoms with Gasteiger partial charge in [0.15, 0.2) is 5.78 Å². The first-order chi connectivity index (χ1) is 10.1. The Labute approximate surface area is 122 Å². The highest BCUT2D eigenvalue weighted by molar-refractivity contribution is 6.07. The van der Waals surface area contributed by atoms with Gasteiger partial charge in [0, 0.05) is 28.2 Å². The fourth-order valence-corrected chi connectivity index (χ4v) is 2.63. The summed E-state index contributed by atoms with van der Waals surface area (Å²) in [5.41, 5.74) is 3.36. The maximum atomic E-state index is 13.8. The Morgan fingerprint density at radius 2 is 1.95 bits per heavy atom. The van der Waals surface area contributed by atoms with Gasteiger partial charge in [0.25, 0.3) is 0 Å². The number of nitrogens with zero attached hydrogens (tertiary/aromatic N) is 1. The molecule has 0 fully saturated rings. The highest BCUT2D eigenvalue weighted by Crippen LogP contribution is 2.24. The molecule has 0 saturated carbocycles. The van der Waals surface area contributed by atoms with Gasteiger partial charge in [0.2, 0.25) is 0 Å². The van der Waals surface area contributed by atoms with E-state index in [0.29, 0.717) is 17.7 Å². The normalized spacial score (nSPS) is 11.0. The topological polar surface area (TPSA) is 22.0 Å². The molecule has 0 spiro atoms. The lowest BCUT2D eigenvalue weighted by Crippen LogP contribution is -2.00. The van der Waals surface area contributed by atoms with E-state index in [9.17, 15) is 9.18 Å². The number of carbonyl (C=O) groups excluding carboxylic acids is 1. The Balaban J connectivity index is 2.15. The molecule has 3 heteroatoms. The Kier molecular flexibility index (Phi) is 3.34. The van der Waals surface area contributed by atoms with Crippen LogP contribution in [0, 0.1) is 12.7 Å². The van der Waals surface area contributed by atoms with Crippen molar-refractivity contribution in [3.8, 4) is 0 Å². The number of aryl methyl sites for hydroxylation is 1. The Hall–Kier alpha value is -2.42. The quantitative estimate of drug-likeness (QED) is 0.655. The van der Waals surface area contributed by atoms with Gasteiger partial charge in [0.05, 0.1) is 6.54 Å². The molecule has 1 heterocycles. The first-order valence-corrected chi connectivity index (χ1v) is 6.90. The van der Waals surface area contributed by atoms with E-state index < -0.39 is 0 Å². The SMILES string of the molecule is CC(=O)c1cn(Cc2ccccc2F)c2ccc(C)cc12. The number of halogens is 1. The van der Waals surface area contributed by atoms with E-state index in [-0.39, 0.29) is 11.6 Å². The average molecular weight is 281 g/mol. The Morgan fingerprint density at radius 3 is 2.67 bits per heavy atom. The summed E-state index contributed by atoms with van der Waals surface area (Å²) < 4.78 is 15.8. The molecule has 2 nitrogen and oxygen atoms in total. The van der Waals surface area contributed by atoms with Crippen LogP contribution in [0.2, 0.25) is 0 Å². The summed E-state index contributed by atoms with van der Waals surface area (Å²) in [6, 6.07) is 12.7. The molecule has 0 aliphatic heterocycles. The van der Waals surface area contributed by atoms with Gasteiger partial charge in [-0.3, -0.25) is 4.79 Å². The number of benzene rings is 2. The predicted molar refractivity (Wildman–Crippen MR) is 82.2 cm³/mol. The molecule has 0 amide bonds. The van der Waals surface area contributed by atoms with Gasteiger partial charge < -0.3 is 4.57 Å². The molecule has 0 N–H and O–H groups in total. The van der Waals surface area contributed by atoms with Gasteiger partial charge in [0.1, 0.15) is 5.82 Å². The molecule has 0 saturated heterocycles. The first-order valence-electron chi connectivity index (χ1n) is 6.90. The van der Waals surface area contributed by atoms with Crippen molar-refractivity contribution in [1.82, 2.24) is 4.57 Å². The van der Waals surface area contributed by atoms with Crippen LogP contribution in [-0.4, -0.2) is 10.4 Å². The number of aromatic nitrogens is 1. The van der Waals surface area contributed by atoms with Crippen LogP contribution in [0.15, 0.2) is 48.7 Å². The number of fused-ring (bicyclic) bond motifs is 1. The van der Waals surface area contributed by atoms with Crippen molar-refractivity contribution in [2.75, 3.05) is 0 Å². The van der Waals surface area contributed by atoms with Crippen LogP contribution < -0.4 is 0 Å². The number of hydrogen-bond acceptors (Lipinski definition) is 1. The van der Waals surface area contributed by atoms with Crippen molar-refractivity contribution in [2.45, 2.75) is 20.4 Å². The van der Waals surface area contributed by atoms with Gasteiger partial charge in [-0.05, 0) is 32.0 Å². The largest absolute Gasteiger partial charge is 0.342 e. The highest BCUT2D eigenvalue weighted by atomic mass is 19.1. The molecule has 106 valence electrons. The molecule has 0 bridgehead atoms. The van der Waals surface area contributed by atoms with Crippen molar-refractivity contribution < 1.29 is 9.18 Å². The van der Waals surface area contributed by atoms with Crippen LogP contribution in [0.4, 0.5) is 4.39 Å². The summed E-state index contributed by atoms with van der Waals surface area (Å²) in [6.07, 6.45) is 1.82. The number of rotatable bonds is 3. The molecular weight excluding hydrogens is 265 g/mol. The zero-order valence-electron chi connectivity index (χ0n) is 12.1. The second-order valence-corrected chi connectivity index (χ2v) is 5.34. The molecule has 0 aliphatic rings. The molecule has 3 aromatic rings. The van der Waals surface area contributed by atoms with Crippen molar-refractivity contribution in [3.63, 3.8) is 0 Å². The maximum absolute atomic E-state index is 13.8. The van der Waals surface area contributed by atoms with E-state index in [1.165, 1.54) is 6.07 Å². The summed E-state index contributed by atoms with van der Waals surface area (Å²) in [4.78, 5) is 11.8. The van der Waals surface area contributed by atoms with Crippen molar-refractivity contribution in [2.24, 2.45) is 0 Å². The van der Waals surface area contributed by atoms with E-state index in [0.717, 1.165) is 16.5 Å². The summed E-state index contributed by atoms with van der Waals surface area (Å²) >= 11 is 0. The maximum Gasteiger partial charge on any atom is 0.161 e. The van der Waals surface area contributed by atoms with Gasteiger partial charge in [-0.25, -0.2) is 4.39 Å². The minimum absolute atomic E-state index is 0.0258. The first kappa shape index (κ1) is 13.6. The van der Waals surface area contributed by atoms with Crippen LogP contribution in [0.1, 0.15) is 28.4 Å². The monoisotopic (exact) mass is 281 g/mol. The fourth-order valence-electron chi connectivity index (χ4n) is 2.63. The van der Waals surface area contributed by atoms with E-state index >= 15 is 0 Å². The Morgan fingerprint density at radius 1 is 1.19 bits per heavy atom. The van der Waals surface area contributed by atoms with Crippen LogP contribution in [0.25, 0.3) is 10.9 Å². The molecule has 0 radical (unpaired) electrons. The van der Waals surface area contributed by atoms with E-state index in [4.69, 9.17) is 0 Å².